The Morgan fingerprint density at radius 3 is 2.92 bits per heavy atom. The molecule has 5 heteroatoms. The third-order valence-corrected chi connectivity index (χ3v) is 6.90. The van der Waals surface area contributed by atoms with E-state index in [2.05, 4.69) is 23.5 Å². The summed E-state index contributed by atoms with van der Waals surface area (Å²) < 4.78 is 6.99. The van der Waals surface area contributed by atoms with E-state index in [1.807, 2.05) is 31.2 Å². The van der Waals surface area contributed by atoms with Crippen LogP contribution in [-0.4, -0.2) is 37.3 Å². The molecule has 134 valence electrons. The van der Waals surface area contributed by atoms with Crippen molar-refractivity contribution in [1.82, 2.24) is 4.90 Å². The average molecular weight is 365 g/mol. The van der Waals surface area contributed by atoms with Gasteiger partial charge in [-0.1, -0.05) is 6.07 Å². The van der Waals surface area contributed by atoms with E-state index in [1.165, 1.54) is 16.9 Å². The van der Waals surface area contributed by atoms with Crippen LogP contribution in [0.2, 0.25) is 0 Å². The van der Waals surface area contributed by atoms with Gasteiger partial charge >= 0.3 is 154 Å². The third-order valence-electron chi connectivity index (χ3n) is 5.58. The van der Waals surface area contributed by atoms with Crippen LogP contribution in [0.1, 0.15) is 52.9 Å². The number of thiophene rings is 1. The summed E-state index contributed by atoms with van der Waals surface area (Å²) in [6.45, 7) is 8.01. The van der Waals surface area contributed by atoms with E-state index in [0.717, 1.165) is 49.2 Å². The standard InChI is InChI=1S/C21H24BNO2S/c1-22-18-14-17-19(26-18)21(10-5-6-12-23(21)20(17)24)11-7-13-25-15-16-8-3-2-4-9-16/h2-4,8-9,14H,1,5-7,10-13,15H2. The van der Waals surface area contributed by atoms with Gasteiger partial charge < -0.3 is 0 Å². The number of carbonyl (C=O) groups is 1. The van der Waals surface area contributed by atoms with Crippen molar-refractivity contribution < 1.29 is 9.53 Å². The van der Waals surface area contributed by atoms with E-state index in [0.29, 0.717) is 6.61 Å². The fourth-order valence-corrected chi connectivity index (χ4v) is 5.59. The molecule has 0 saturated carbocycles. The van der Waals surface area contributed by atoms with Crippen LogP contribution in [0.5, 0.6) is 0 Å². The molecule has 1 amide bonds. The molecule has 3 heterocycles. The van der Waals surface area contributed by atoms with Crippen molar-refractivity contribution in [2.24, 2.45) is 0 Å². The number of fused-ring (bicyclic) bond motifs is 3. The van der Waals surface area contributed by atoms with Crippen molar-refractivity contribution in [2.45, 2.75) is 44.2 Å². The van der Waals surface area contributed by atoms with Gasteiger partial charge in [0.2, 0.25) is 0 Å². The van der Waals surface area contributed by atoms with E-state index in [9.17, 15) is 4.79 Å². The van der Waals surface area contributed by atoms with Gasteiger partial charge in [0.25, 0.3) is 0 Å². The molecule has 2 aliphatic rings. The van der Waals surface area contributed by atoms with Crippen LogP contribution >= 0.6 is 11.3 Å². The number of piperidine rings is 1. The van der Waals surface area contributed by atoms with E-state index in [4.69, 9.17) is 4.74 Å². The molecule has 4 rings (SSSR count). The van der Waals surface area contributed by atoms with Crippen LogP contribution in [0.25, 0.3) is 0 Å². The average Bonchev–Trinajstić information content (AvgIpc) is 3.21. The van der Waals surface area contributed by atoms with E-state index < -0.39 is 0 Å². The zero-order chi connectivity index (χ0) is 18.0. The van der Waals surface area contributed by atoms with Gasteiger partial charge in [-0.15, -0.1) is 0 Å². The Labute approximate surface area is 159 Å². The summed E-state index contributed by atoms with van der Waals surface area (Å²) in [6.07, 6.45) is 5.33. The fourth-order valence-electron chi connectivity index (χ4n) is 4.33. The molecular weight excluding hydrogens is 341 g/mol. The van der Waals surface area contributed by atoms with Gasteiger partial charge in [0, 0.05) is 0 Å². The molecule has 1 atom stereocenters. The number of nitrogens with zero attached hydrogens (tertiary/aromatic N) is 1. The van der Waals surface area contributed by atoms with Crippen LogP contribution in [0.3, 0.4) is 0 Å². The quantitative estimate of drug-likeness (QED) is 0.556. The Bertz CT molecular complexity index is 804. The Balaban J connectivity index is 1.44. The number of carbonyl (C=O) groups excluding carboxylic acids is 1. The summed E-state index contributed by atoms with van der Waals surface area (Å²) in [4.78, 5) is 16.3. The van der Waals surface area contributed by atoms with Crippen LogP contribution in [0.4, 0.5) is 0 Å². The minimum atomic E-state index is -0.104. The molecule has 0 bridgehead atoms. The first-order valence-electron chi connectivity index (χ1n) is 9.45. The maximum absolute atomic E-state index is 12.9. The first kappa shape index (κ1) is 17.7. The topological polar surface area (TPSA) is 29.5 Å². The molecule has 0 radical (unpaired) electrons. The van der Waals surface area contributed by atoms with Gasteiger partial charge in [-0.2, -0.15) is 0 Å². The molecular formula is C21H24BNO2S. The first-order chi connectivity index (χ1) is 12.7. The minimum absolute atomic E-state index is 0.104. The molecule has 0 N–H and O–H groups in total. The second kappa shape index (κ2) is 7.49. The first-order valence-corrected chi connectivity index (χ1v) is 10.3. The molecule has 1 saturated heterocycles. The molecule has 3 nitrogen and oxygen atoms in total. The van der Waals surface area contributed by atoms with E-state index >= 15 is 0 Å². The molecule has 2 aliphatic heterocycles. The number of benzene rings is 1. The monoisotopic (exact) mass is 365 g/mol. The zero-order valence-electron chi connectivity index (χ0n) is 15.1. The third kappa shape index (κ3) is 3.08. The number of amides is 1. The van der Waals surface area contributed by atoms with Crippen LogP contribution in [-0.2, 0) is 16.9 Å². The molecule has 0 spiro atoms. The summed E-state index contributed by atoms with van der Waals surface area (Å²) in [5, 5.41) is 0. The van der Waals surface area contributed by atoms with Crippen molar-refractivity contribution in [2.75, 3.05) is 13.2 Å². The summed E-state index contributed by atoms with van der Waals surface area (Å²) in [5.74, 6) is 0.217. The van der Waals surface area contributed by atoms with Gasteiger partial charge in [-0.25, -0.2) is 0 Å². The molecule has 1 unspecified atom stereocenters. The van der Waals surface area contributed by atoms with Crippen LogP contribution < -0.4 is 4.78 Å². The van der Waals surface area contributed by atoms with Crippen molar-refractivity contribution in [3.8, 4) is 0 Å². The maximum atomic E-state index is 12.9. The van der Waals surface area contributed by atoms with E-state index in [-0.39, 0.29) is 11.4 Å². The van der Waals surface area contributed by atoms with Crippen LogP contribution in [0.15, 0.2) is 36.4 Å². The Morgan fingerprint density at radius 2 is 2.12 bits per heavy atom. The summed E-state index contributed by atoms with van der Waals surface area (Å²) in [6, 6.07) is 12.3. The molecule has 0 aliphatic carbocycles. The van der Waals surface area contributed by atoms with Crippen molar-refractivity contribution in [3.63, 3.8) is 0 Å². The normalized spacial score (nSPS) is 21.4. The van der Waals surface area contributed by atoms with Crippen LogP contribution in [0, 0.1) is 0 Å². The second-order valence-corrected chi connectivity index (χ2v) is 8.27. The molecule has 1 aromatic carbocycles. The number of ether oxygens (including phenoxy) is 1. The van der Waals surface area contributed by atoms with Gasteiger partial charge in [0.05, 0.1) is 0 Å². The number of hydrogen-bond donors (Lipinski definition) is 0. The summed E-state index contributed by atoms with van der Waals surface area (Å²) >= 11 is 1.75. The predicted octanol–water partition coefficient (Wildman–Crippen LogP) is 3.34. The SMILES string of the molecule is C=Bc1cc2c(s1)C1(CCCOCc3ccccc3)CCCCN1C2=O. The summed E-state index contributed by atoms with van der Waals surface area (Å²) in [7, 11) is 0. The molecule has 1 aromatic heterocycles. The number of hydrogen-bond acceptors (Lipinski definition) is 3. The zero-order valence-corrected chi connectivity index (χ0v) is 15.9. The second-order valence-electron chi connectivity index (χ2n) is 7.18. The van der Waals surface area contributed by atoms with Crippen molar-refractivity contribution >= 4 is 35.4 Å². The van der Waals surface area contributed by atoms with Gasteiger partial charge in [0.1, 0.15) is 0 Å². The van der Waals surface area contributed by atoms with Gasteiger partial charge in [-0.05, 0) is 0 Å². The van der Waals surface area contributed by atoms with Crippen molar-refractivity contribution in [3.05, 3.63) is 52.4 Å². The molecule has 1 fully saturated rings. The Morgan fingerprint density at radius 1 is 1.27 bits per heavy atom. The predicted molar refractivity (Wildman–Crippen MR) is 109 cm³/mol. The van der Waals surface area contributed by atoms with Crippen molar-refractivity contribution in [1.29, 1.82) is 0 Å². The summed E-state index contributed by atoms with van der Waals surface area (Å²) in [5.41, 5.74) is 2.02. The number of rotatable bonds is 7. The van der Waals surface area contributed by atoms with E-state index in [1.54, 1.807) is 11.3 Å². The molecule has 2 aromatic rings. The fraction of sp³-hybridized carbons (Fsp3) is 0.429. The van der Waals surface area contributed by atoms with Gasteiger partial charge in [-0.3, -0.25) is 0 Å². The molecule has 26 heavy (non-hydrogen) atoms. The Kier molecular flexibility index (Phi) is 5.10. The van der Waals surface area contributed by atoms with Gasteiger partial charge in [0.15, 0.2) is 0 Å². The Hall–Kier alpha value is -1.72.